The smallest absolute Gasteiger partial charge is 0.243 e. The van der Waals surface area contributed by atoms with Crippen molar-refractivity contribution in [2.75, 3.05) is 19.0 Å². The molecule has 0 aromatic heterocycles. The van der Waals surface area contributed by atoms with Crippen LogP contribution in [-0.2, 0) is 9.53 Å². The highest BCUT2D eigenvalue weighted by molar-refractivity contribution is 9.10. The average Bonchev–Trinajstić information content (AvgIpc) is 2.27. The van der Waals surface area contributed by atoms with E-state index in [1.165, 1.54) is 7.11 Å². The predicted molar refractivity (Wildman–Crippen MR) is 85.6 cm³/mol. The van der Waals surface area contributed by atoms with Gasteiger partial charge in [0.2, 0.25) is 5.91 Å². The number of carbonyl (C=O) groups excluding carboxylic acids is 1. The Bertz CT molecular complexity index is 444. The number of nitrogens with one attached hydrogen (secondary N) is 1. The molecular weight excluding hydrogens is 348 g/mol. The number of halogens is 2. The zero-order valence-electron chi connectivity index (χ0n) is 11.7. The first kappa shape index (κ1) is 19.2. The summed E-state index contributed by atoms with van der Waals surface area (Å²) in [4.78, 5) is 11.8. The summed E-state index contributed by atoms with van der Waals surface area (Å²) in [6.07, 6.45) is 0.0635. The minimum atomic E-state index is -0.696. The van der Waals surface area contributed by atoms with Gasteiger partial charge in [-0.1, -0.05) is 15.9 Å². The number of benzene rings is 1. The standard InChI is InChI=1S/C13H19BrN2O3.ClH/c1-8(2)19-11-5-9(14)4-10(6-11)16-13(17)12(15)7-18-3;/h4-6,8,12H,7,15H2,1-3H3,(H,16,17);1H. The summed E-state index contributed by atoms with van der Waals surface area (Å²) >= 11 is 3.37. The van der Waals surface area contributed by atoms with Crippen LogP contribution < -0.4 is 15.8 Å². The Balaban J connectivity index is 0.00000361. The van der Waals surface area contributed by atoms with E-state index >= 15 is 0 Å². The van der Waals surface area contributed by atoms with Gasteiger partial charge in [-0.05, 0) is 26.0 Å². The molecule has 114 valence electrons. The molecule has 0 heterocycles. The molecule has 3 N–H and O–H groups in total. The minimum absolute atomic E-state index is 0. The number of rotatable bonds is 6. The lowest BCUT2D eigenvalue weighted by molar-refractivity contribution is -0.118. The van der Waals surface area contributed by atoms with E-state index in [9.17, 15) is 4.79 Å². The average molecular weight is 368 g/mol. The Morgan fingerprint density at radius 2 is 2.05 bits per heavy atom. The Kier molecular flexibility index (Phi) is 8.80. The Morgan fingerprint density at radius 3 is 2.60 bits per heavy atom. The summed E-state index contributed by atoms with van der Waals surface area (Å²) in [5, 5.41) is 2.73. The van der Waals surface area contributed by atoms with Gasteiger partial charge in [-0.15, -0.1) is 12.4 Å². The van der Waals surface area contributed by atoms with Crippen LogP contribution in [0, 0.1) is 0 Å². The van der Waals surface area contributed by atoms with Crippen LogP contribution in [0.2, 0.25) is 0 Å². The number of anilines is 1. The number of hydrogen-bond acceptors (Lipinski definition) is 4. The van der Waals surface area contributed by atoms with Crippen molar-refractivity contribution in [1.29, 1.82) is 0 Å². The summed E-state index contributed by atoms with van der Waals surface area (Å²) < 4.78 is 11.3. The molecule has 0 radical (unpaired) electrons. The third-order valence-electron chi connectivity index (χ3n) is 2.19. The molecule has 0 spiro atoms. The van der Waals surface area contributed by atoms with Crippen molar-refractivity contribution in [1.82, 2.24) is 0 Å². The fraction of sp³-hybridized carbons (Fsp3) is 0.462. The number of amides is 1. The van der Waals surface area contributed by atoms with Crippen LogP contribution in [0.4, 0.5) is 5.69 Å². The molecule has 1 aromatic rings. The molecule has 0 aliphatic carbocycles. The van der Waals surface area contributed by atoms with Gasteiger partial charge in [0.1, 0.15) is 11.8 Å². The van der Waals surface area contributed by atoms with Crippen molar-refractivity contribution in [3.63, 3.8) is 0 Å². The molecular formula is C13H20BrClN2O3. The van der Waals surface area contributed by atoms with Gasteiger partial charge in [0.25, 0.3) is 0 Å². The van der Waals surface area contributed by atoms with Gasteiger partial charge in [-0.2, -0.15) is 0 Å². The molecule has 0 saturated carbocycles. The maximum atomic E-state index is 11.8. The normalized spacial score (nSPS) is 11.7. The van der Waals surface area contributed by atoms with Crippen LogP contribution in [-0.4, -0.2) is 31.8 Å². The quantitative estimate of drug-likeness (QED) is 0.810. The first-order chi connectivity index (χ1) is 8.92. The number of carbonyl (C=O) groups is 1. The van der Waals surface area contributed by atoms with Gasteiger partial charge in [0.05, 0.1) is 12.7 Å². The lowest BCUT2D eigenvalue weighted by Crippen LogP contribution is -2.39. The highest BCUT2D eigenvalue weighted by Gasteiger charge is 2.14. The van der Waals surface area contributed by atoms with Gasteiger partial charge in [-0.3, -0.25) is 4.79 Å². The van der Waals surface area contributed by atoms with Crippen molar-refractivity contribution >= 4 is 39.9 Å². The molecule has 0 bridgehead atoms. The Labute approximate surface area is 133 Å². The van der Waals surface area contributed by atoms with Crippen molar-refractivity contribution in [2.24, 2.45) is 5.73 Å². The molecule has 0 fully saturated rings. The molecule has 1 aromatic carbocycles. The highest BCUT2D eigenvalue weighted by Crippen LogP contribution is 2.25. The van der Waals surface area contributed by atoms with Crippen molar-refractivity contribution in [3.05, 3.63) is 22.7 Å². The molecule has 0 aliphatic rings. The second kappa shape index (κ2) is 9.18. The van der Waals surface area contributed by atoms with E-state index in [-0.39, 0.29) is 31.0 Å². The van der Waals surface area contributed by atoms with Crippen LogP contribution in [0.15, 0.2) is 22.7 Å². The van der Waals surface area contributed by atoms with Gasteiger partial charge < -0.3 is 20.5 Å². The first-order valence-electron chi connectivity index (χ1n) is 5.95. The van der Waals surface area contributed by atoms with E-state index in [0.29, 0.717) is 11.4 Å². The molecule has 1 amide bonds. The predicted octanol–water partition coefficient (Wildman–Crippen LogP) is 2.57. The van der Waals surface area contributed by atoms with Gasteiger partial charge in [0.15, 0.2) is 0 Å². The van der Waals surface area contributed by atoms with Crippen molar-refractivity contribution < 1.29 is 14.3 Å². The third kappa shape index (κ3) is 6.56. The molecule has 0 saturated heterocycles. The maximum Gasteiger partial charge on any atom is 0.243 e. The van der Waals surface area contributed by atoms with Gasteiger partial charge in [0, 0.05) is 23.3 Å². The Hall–Kier alpha value is -0.820. The summed E-state index contributed by atoms with van der Waals surface area (Å²) in [7, 11) is 1.50. The fourth-order valence-corrected chi connectivity index (χ4v) is 1.94. The third-order valence-corrected chi connectivity index (χ3v) is 2.65. The number of methoxy groups -OCH3 is 1. The SMILES string of the molecule is COCC(N)C(=O)Nc1cc(Br)cc(OC(C)C)c1.Cl. The van der Waals surface area contributed by atoms with Crippen LogP contribution in [0.5, 0.6) is 5.75 Å². The first-order valence-corrected chi connectivity index (χ1v) is 6.74. The van der Waals surface area contributed by atoms with E-state index in [4.69, 9.17) is 15.2 Å². The van der Waals surface area contributed by atoms with E-state index in [1.807, 2.05) is 19.9 Å². The second-order valence-electron chi connectivity index (χ2n) is 4.39. The molecule has 1 atom stereocenters. The second-order valence-corrected chi connectivity index (χ2v) is 5.31. The minimum Gasteiger partial charge on any atom is -0.491 e. The largest absolute Gasteiger partial charge is 0.491 e. The number of ether oxygens (including phenoxy) is 2. The molecule has 20 heavy (non-hydrogen) atoms. The number of nitrogens with two attached hydrogens (primary N) is 1. The molecule has 1 rings (SSSR count). The van der Waals surface area contributed by atoms with Gasteiger partial charge >= 0.3 is 0 Å². The molecule has 1 unspecified atom stereocenters. The van der Waals surface area contributed by atoms with Crippen molar-refractivity contribution in [3.8, 4) is 5.75 Å². The number of hydrogen-bond donors (Lipinski definition) is 2. The maximum absolute atomic E-state index is 11.8. The zero-order valence-corrected chi connectivity index (χ0v) is 14.1. The highest BCUT2D eigenvalue weighted by atomic mass is 79.9. The lowest BCUT2D eigenvalue weighted by atomic mass is 10.2. The van der Waals surface area contributed by atoms with E-state index in [0.717, 1.165) is 4.47 Å². The summed E-state index contributed by atoms with van der Waals surface area (Å²) in [5.41, 5.74) is 6.28. The molecule has 5 nitrogen and oxygen atoms in total. The van der Waals surface area contributed by atoms with Crippen LogP contribution in [0.3, 0.4) is 0 Å². The summed E-state index contributed by atoms with van der Waals surface area (Å²) in [6, 6.07) is 4.68. The van der Waals surface area contributed by atoms with E-state index in [1.54, 1.807) is 12.1 Å². The lowest BCUT2D eigenvalue weighted by Gasteiger charge is -2.14. The monoisotopic (exact) mass is 366 g/mol. The van der Waals surface area contributed by atoms with E-state index in [2.05, 4.69) is 21.2 Å². The Morgan fingerprint density at radius 1 is 1.40 bits per heavy atom. The summed E-state index contributed by atoms with van der Waals surface area (Å²) in [5.74, 6) is 0.385. The molecule has 7 heteroatoms. The topological polar surface area (TPSA) is 73.6 Å². The zero-order chi connectivity index (χ0) is 14.4. The van der Waals surface area contributed by atoms with Crippen LogP contribution in [0.25, 0.3) is 0 Å². The fourth-order valence-electron chi connectivity index (χ4n) is 1.47. The molecule has 0 aliphatic heterocycles. The summed E-state index contributed by atoms with van der Waals surface area (Å²) in [6.45, 7) is 4.05. The van der Waals surface area contributed by atoms with E-state index < -0.39 is 6.04 Å². The van der Waals surface area contributed by atoms with Crippen LogP contribution in [0.1, 0.15) is 13.8 Å². The van der Waals surface area contributed by atoms with Crippen LogP contribution >= 0.6 is 28.3 Å². The van der Waals surface area contributed by atoms with Gasteiger partial charge in [-0.25, -0.2) is 0 Å². The van der Waals surface area contributed by atoms with Crippen molar-refractivity contribution in [2.45, 2.75) is 26.0 Å².